The number of aryl methyl sites for hydroxylation is 2. The fraction of sp³-hybridized carbons (Fsp3) is 0.533. The van der Waals surface area contributed by atoms with Crippen molar-refractivity contribution in [2.75, 3.05) is 7.05 Å². The molecule has 2 unspecified atom stereocenters. The van der Waals surface area contributed by atoms with Crippen molar-refractivity contribution >= 4 is 5.97 Å². The molecule has 0 aliphatic heterocycles. The third-order valence-electron chi connectivity index (χ3n) is 3.43. The first kappa shape index (κ1) is 14.7. The Labute approximate surface area is 109 Å². The molecule has 0 bridgehead atoms. The van der Waals surface area contributed by atoms with Gasteiger partial charge in [0, 0.05) is 6.04 Å². The first-order valence-corrected chi connectivity index (χ1v) is 6.35. The topological polar surface area (TPSA) is 49.3 Å². The summed E-state index contributed by atoms with van der Waals surface area (Å²) in [5.41, 5.74) is 3.41. The summed E-state index contributed by atoms with van der Waals surface area (Å²) < 4.78 is 0. The zero-order chi connectivity index (χ0) is 13.9. The fourth-order valence-electron chi connectivity index (χ4n) is 2.52. The van der Waals surface area contributed by atoms with Crippen LogP contribution in [0.5, 0.6) is 0 Å². The molecule has 0 spiro atoms. The molecule has 0 fully saturated rings. The van der Waals surface area contributed by atoms with E-state index in [-0.39, 0.29) is 12.0 Å². The Balaban J connectivity index is 3.19. The van der Waals surface area contributed by atoms with Gasteiger partial charge >= 0.3 is 5.97 Å². The molecule has 100 valence electrons. The standard InChI is InChI=1S/C15H23NO2/c1-9(2)13(15(17)18)14(16-5)12-7-6-10(3)8-11(12)4/h6-9,13-14,16H,1-5H3,(H,17,18). The lowest BCUT2D eigenvalue weighted by atomic mass is 9.83. The highest BCUT2D eigenvalue weighted by Crippen LogP contribution is 2.30. The highest BCUT2D eigenvalue weighted by molar-refractivity contribution is 5.71. The van der Waals surface area contributed by atoms with Crippen LogP contribution >= 0.6 is 0 Å². The second-order valence-corrected chi connectivity index (χ2v) is 5.23. The minimum Gasteiger partial charge on any atom is -0.481 e. The van der Waals surface area contributed by atoms with Crippen LogP contribution in [0.25, 0.3) is 0 Å². The molecule has 2 atom stereocenters. The molecule has 3 nitrogen and oxygen atoms in total. The van der Waals surface area contributed by atoms with Crippen molar-refractivity contribution in [1.29, 1.82) is 0 Å². The largest absolute Gasteiger partial charge is 0.481 e. The van der Waals surface area contributed by atoms with Gasteiger partial charge in [-0.05, 0) is 37.9 Å². The molecule has 0 saturated heterocycles. The van der Waals surface area contributed by atoms with Crippen LogP contribution in [-0.2, 0) is 4.79 Å². The molecule has 1 aromatic carbocycles. The molecule has 0 amide bonds. The van der Waals surface area contributed by atoms with Crippen LogP contribution < -0.4 is 5.32 Å². The van der Waals surface area contributed by atoms with Crippen molar-refractivity contribution < 1.29 is 9.90 Å². The van der Waals surface area contributed by atoms with E-state index in [2.05, 4.69) is 11.4 Å². The van der Waals surface area contributed by atoms with E-state index in [1.807, 2.05) is 46.9 Å². The minimum atomic E-state index is -0.746. The SMILES string of the molecule is CNC(c1ccc(C)cc1C)C(C(=O)O)C(C)C. The first-order valence-electron chi connectivity index (χ1n) is 6.35. The Morgan fingerprint density at radius 3 is 2.28 bits per heavy atom. The van der Waals surface area contributed by atoms with Crippen LogP contribution in [0.4, 0.5) is 0 Å². The maximum Gasteiger partial charge on any atom is 0.308 e. The van der Waals surface area contributed by atoms with Gasteiger partial charge in [0.2, 0.25) is 0 Å². The lowest BCUT2D eigenvalue weighted by Gasteiger charge is -2.28. The Bertz CT molecular complexity index is 427. The average molecular weight is 249 g/mol. The summed E-state index contributed by atoms with van der Waals surface area (Å²) in [6, 6.07) is 6.01. The molecule has 0 heterocycles. The van der Waals surface area contributed by atoms with Gasteiger partial charge in [-0.3, -0.25) is 4.79 Å². The summed E-state index contributed by atoms with van der Waals surface area (Å²) in [6.07, 6.45) is 0. The molecule has 2 N–H and O–H groups in total. The van der Waals surface area contributed by atoms with Crippen LogP contribution in [0.3, 0.4) is 0 Å². The summed E-state index contributed by atoms with van der Waals surface area (Å²) >= 11 is 0. The van der Waals surface area contributed by atoms with Gasteiger partial charge in [-0.15, -0.1) is 0 Å². The second kappa shape index (κ2) is 6.01. The van der Waals surface area contributed by atoms with Gasteiger partial charge < -0.3 is 10.4 Å². The molecular formula is C15H23NO2. The Morgan fingerprint density at radius 1 is 1.28 bits per heavy atom. The summed E-state index contributed by atoms with van der Waals surface area (Å²) in [5.74, 6) is -1.08. The van der Waals surface area contributed by atoms with Gasteiger partial charge in [0.15, 0.2) is 0 Å². The van der Waals surface area contributed by atoms with E-state index in [4.69, 9.17) is 0 Å². The van der Waals surface area contributed by atoms with Gasteiger partial charge in [-0.2, -0.15) is 0 Å². The minimum absolute atomic E-state index is 0.0839. The predicted molar refractivity (Wildman–Crippen MR) is 73.7 cm³/mol. The second-order valence-electron chi connectivity index (χ2n) is 5.23. The summed E-state index contributed by atoms with van der Waals surface area (Å²) in [6.45, 7) is 7.98. The number of aliphatic carboxylic acids is 1. The number of hydrogen-bond donors (Lipinski definition) is 2. The molecule has 0 aromatic heterocycles. The third-order valence-corrected chi connectivity index (χ3v) is 3.43. The highest BCUT2D eigenvalue weighted by Gasteiger charge is 2.31. The van der Waals surface area contributed by atoms with Crippen molar-refractivity contribution in [2.45, 2.75) is 33.7 Å². The van der Waals surface area contributed by atoms with E-state index in [0.717, 1.165) is 11.1 Å². The van der Waals surface area contributed by atoms with Crippen LogP contribution in [-0.4, -0.2) is 18.1 Å². The molecule has 0 aliphatic carbocycles. The Morgan fingerprint density at radius 2 is 1.89 bits per heavy atom. The van der Waals surface area contributed by atoms with Crippen LogP contribution in [0.1, 0.15) is 36.6 Å². The summed E-state index contributed by atoms with van der Waals surface area (Å²) in [5, 5.41) is 12.6. The van der Waals surface area contributed by atoms with Gasteiger partial charge in [0.1, 0.15) is 0 Å². The van der Waals surface area contributed by atoms with Gasteiger partial charge in [-0.25, -0.2) is 0 Å². The summed E-state index contributed by atoms with van der Waals surface area (Å²) in [7, 11) is 1.82. The lowest BCUT2D eigenvalue weighted by Crippen LogP contribution is -2.34. The van der Waals surface area contributed by atoms with E-state index < -0.39 is 11.9 Å². The van der Waals surface area contributed by atoms with E-state index in [1.165, 1.54) is 5.56 Å². The summed E-state index contributed by atoms with van der Waals surface area (Å²) in [4.78, 5) is 11.5. The zero-order valence-electron chi connectivity index (χ0n) is 11.8. The number of hydrogen-bond acceptors (Lipinski definition) is 2. The number of carboxylic acid groups (broad SMARTS) is 1. The fourth-order valence-corrected chi connectivity index (χ4v) is 2.52. The first-order chi connectivity index (χ1) is 8.38. The quantitative estimate of drug-likeness (QED) is 0.843. The van der Waals surface area contributed by atoms with Crippen LogP contribution in [0.15, 0.2) is 18.2 Å². The van der Waals surface area contributed by atoms with Crippen LogP contribution in [0.2, 0.25) is 0 Å². The molecule has 0 saturated carbocycles. The molecular weight excluding hydrogens is 226 g/mol. The van der Waals surface area contributed by atoms with E-state index in [9.17, 15) is 9.90 Å². The molecule has 1 rings (SSSR count). The number of carboxylic acids is 1. The molecule has 3 heteroatoms. The third kappa shape index (κ3) is 3.10. The predicted octanol–water partition coefficient (Wildman–Crippen LogP) is 2.92. The normalized spacial score (nSPS) is 14.6. The molecule has 1 aromatic rings. The number of nitrogens with one attached hydrogen (secondary N) is 1. The van der Waals surface area contributed by atoms with Crippen molar-refractivity contribution in [2.24, 2.45) is 11.8 Å². The van der Waals surface area contributed by atoms with Crippen molar-refractivity contribution in [3.63, 3.8) is 0 Å². The number of benzene rings is 1. The Kier molecular flexibility index (Phi) is 4.91. The van der Waals surface area contributed by atoms with Crippen molar-refractivity contribution in [3.05, 3.63) is 34.9 Å². The van der Waals surface area contributed by atoms with Crippen molar-refractivity contribution in [3.8, 4) is 0 Å². The average Bonchev–Trinajstić information content (AvgIpc) is 2.25. The van der Waals surface area contributed by atoms with E-state index >= 15 is 0 Å². The molecule has 0 radical (unpaired) electrons. The maximum absolute atomic E-state index is 11.5. The van der Waals surface area contributed by atoms with Crippen molar-refractivity contribution in [1.82, 2.24) is 5.32 Å². The van der Waals surface area contributed by atoms with E-state index in [1.54, 1.807) is 0 Å². The van der Waals surface area contributed by atoms with Gasteiger partial charge in [0.05, 0.1) is 5.92 Å². The van der Waals surface area contributed by atoms with E-state index in [0.29, 0.717) is 0 Å². The van der Waals surface area contributed by atoms with Crippen LogP contribution in [0, 0.1) is 25.7 Å². The highest BCUT2D eigenvalue weighted by atomic mass is 16.4. The maximum atomic E-state index is 11.5. The monoisotopic (exact) mass is 249 g/mol. The molecule has 0 aliphatic rings. The van der Waals surface area contributed by atoms with Gasteiger partial charge in [-0.1, -0.05) is 37.6 Å². The zero-order valence-corrected chi connectivity index (χ0v) is 11.8. The lowest BCUT2D eigenvalue weighted by molar-refractivity contribution is -0.144. The number of rotatable bonds is 5. The Hall–Kier alpha value is -1.35. The molecule has 18 heavy (non-hydrogen) atoms. The van der Waals surface area contributed by atoms with Gasteiger partial charge in [0.25, 0.3) is 0 Å². The smallest absolute Gasteiger partial charge is 0.308 e. The number of carbonyl (C=O) groups is 1.